The molecule has 172 valence electrons. The first-order chi connectivity index (χ1) is 16.5. The summed E-state index contributed by atoms with van der Waals surface area (Å²) >= 11 is 1.66. The van der Waals surface area contributed by atoms with Crippen molar-refractivity contribution in [3.63, 3.8) is 0 Å². The van der Waals surface area contributed by atoms with Gasteiger partial charge in [0.1, 0.15) is 12.4 Å². The summed E-state index contributed by atoms with van der Waals surface area (Å²) < 4.78 is 20.1. The predicted octanol–water partition coefficient (Wildman–Crippen LogP) is 4.60. The fraction of sp³-hybridized carbons (Fsp3) is 0.115. The number of hydrogen-bond donors (Lipinski definition) is 1. The van der Waals surface area contributed by atoms with Gasteiger partial charge in [-0.05, 0) is 65.9 Å². The minimum absolute atomic E-state index is 0.113. The predicted molar refractivity (Wildman–Crippen MR) is 130 cm³/mol. The van der Waals surface area contributed by atoms with Gasteiger partial charge < -0.3 is 10.1 Å². The maximum Gasteiger partial charge on any atom is 0.271 e. The van der Waals surface area contributed by atoms with Crippen LogP contribution >= 0.6 is 11.8 Å². The molecule has 0 aliphatic carbocycles. The van der Waals surface area contributed by atoms with E-state index >= 15 is 0 Å². The van der Waals surface area contributed by atoms with Crippen LogP contribution in [-0.4, -0.2) is 21.9 Å². The summed E-state index contributed by atoms with van der Waals surface area (Å²) in [5.41, 5.74) is 2.27. The molecule has 1 aromatic heterocycles. The lowest BCUT2D eigenvalue weighted by Crippen LogP contribution is -2.23. The van der Waals surface area contributed by atoms with Crippen LogP contribution in [-0.2, 0) is 13.2 Å². The van der Waals surface area contributed by atoms with Gasteiger partial charge in [-0.3, -0.25) is 9.59 Å². The van der Waals surface area contributed by atoms with Crippen LogP contribution in [0.4, 0.5) is 4.39 Å². The summed E-state index contributed by atoms with van der Waals surface area (Å²) in [6.45, 7) is 0.531. The summed E-state index contributed by atoms with van der Waals surface area (Å²) in [6, 6.07) is 23.4. The Kier molecular flexibility index (Phi) is 7.39. The van der Waals surface area contributed by atoms with Gasteiger partial charge >= 0.3 is 0 Å². The summed E-state index contributed by atoms with van der Waals surface area (Å²) in [6.07, 6.45) is 2.01. The van der Waals surface area contributed by atoms with E-state index in [2.05, 4.69) is 10.4 Å². The van der Waals surface area contributed by atoms with Crippen LogP contribution in [0.5, 0.6) is 5.88 Å². The van der Waals surface area contributed by atoms with Gasteiger partial charge in [-0.1, -0.05) is 24.3 Å². The summed E-state index contributed by atoms with van der Waals surface area (Å²) in [4.78, 5) is 26.0. The Morgan fingerprint density at radius 3 is 2.47 bits per heavy atom. The maximum atomic E-state index is 13.3. The molecule has 1 heterocycles. The maximum absolute atomic E-state index is 13.3. The third-order valence-corrected chi connectivity index (χ3v) is 5.78. The number of thioether (sulfide) groups is 1. The van der Waals surface area contributed by atoms with E-state index in [1.54, 1.807) is 48.2 Å². The number of benzene rings is 3. The summed E-state index contributed by atoms with van der Waals surface area (Å²) in [7, 11) is 0. The van der Waals surface area contributed by atoms with Crippen LogP contribution in [0.25, 0.3) is 5.69 Å². The Morgan fingerprint density at radius 2 is 1.76 bits per heavy atom. The Morgan fingerprint density at radius 1 is 1.00 bits per heavy atom. The molecule has 34 heavy (non-hydrogen) atoms. The molecule has 4 aromatic rings. The normalized spacial score (nSPS) is 10.6. The Labute approximate surface area is 200 Å². The minimum Gasteiger partial charge on any atom is -0.472 e. The van der Waals surface area contributed by atoms with Crippen molar-refractivity contribution in [2.45, 2.75) is 18.0 Å². The average Bonchev–Trinajstić information content (AvgIpc) is 2.87. The second kappa shape index (κ2) is 10.8. The molecule has 1 amide bonds. The number of rotatable bonds is 8. The van der Waals surface area contributed by atoms with Crippen LogP contribution in [0.15, 0.2) is 94.6 Å². The number of halogens is 1. The standard InChI is InChI=1S/C26H22FN3O3S/c1-34-23-11-5-18(6-12-23)16-28-26(32)20-7-9-22(10-8-20)30-25(31)14-13-24(29-30)33-17-19-3-2-4-21(27)15-19/h2-15H,16-17H2,1H3,(H,28,32). The van der Waals surface area contributed by atoms with Crippen molar-refractivity contribution in [3.8, 4) is 11.6 Å². The van der Waals surface area contributed by atoms with E-state index in [1.165, 1.54) is 28.9 Å². The molecule has 0 aliphatic rings. The summed E-state index contributed by atoms with van der Waals surface area (Å²) in [5, 5.41) is 7.12. The molecule has 0 saturated carbocycles. The van der Waals surface area contributed by atoms with Crippen LogP contribution < -0.4 is 15.6 Å². The number of carbonyl (C=O) groups excluding carboxylic acids is 1. The number of hydrogen-bond acceptors (Lipinski definition) is 5. The zero-order chi connectivity index (χ0) is 23.9. The topological polar surface area (TPSA) is 73.2 Å². The number of amides is 1. The van der Waals surface area contributed by atoms with E-state index < -0.39 is 0 Å². The molecule has 0 spiro atoms. The second-order valence-electron chi connectivity index (χ2n) is 7.42. The molecule has 6 nitrogen and oxygen atoms in total. The third-order valence-electron chi connectivity index (χ3n) is 5.04. The van der Waals surface area contributed by atoms with Crippen LogP contribution in [0, 0.1) is 5.82 Å². The molecule has 0 radical (unpaired) electrons. The first-order valence-electron chi connectivity index (χ1n) is 10.5. The number of ether oxygens (including phenoxy) is 1. The van der Waals surface area contributed by atoms with E-state index in [-0.39, 0.29) is 29.8 Å². The largest absolute Gasteiger partial charge is 0.472 e. The third kappa shape index (κ3) is 5.90. The Bertz CT molecular complexity index is 1340. The second-order valence-corrected chi connectivity index (χ2v) is 8.30. The van der Waals surface area contributed by atoms with Crippen LogP contribution in [0.1, 0.15) is 21.5 Å². The quantitative estimate of drug-likeness (QED) is 0.377. The SMILES string of the molecule is CSc1ccc(CNC(=O)c2ccc(-n3nc(OCc4cccc(F)c4)ccc3=O)cc2)cc1. The number of carbonyl (C=O) groups is 1. The molecule has 0 aliphatic heterocycles. The van der Waals surface area contributed by atoms with Gasteiger partial charge in [-0.25, -0.2) is 4.39 Å². The van der Waals surface area contributed by atoms with Crippen molar-refractivity contribution in [2.75, 3.05) is 6.26 Å². The molecule has 8 heteroatoms. The monoisotopic (exact) mass is 475 g/mol. The van der Waals surface area contributed by atoms with E-state index in [9.17, 15) is 14.0 Å². The Balaban J connectivity index is 1.41. The molecule has 0 fully saturated rings. The lowest BCUT2D eigenvalue weighted by Gasteiger charge is -2.10. The molecule has 4 rings (SSSR count). The first kappa shape index (κ1) is 23.3. The van der Waals surface area contributed by atoms with Crippen molar-refractivity contribution in [3.05, 3.63) is 118 Å². The van der Waals surface area contributed by atoms with Gasteiger partial charge in [0.05, 0.1) is 5.69 Å². The van der Waals surface area contributed by atoms with Crippen LogP contribution in [0.2, 0.25) is 0 Å². The molecule has 0 saturated heterocycles. The number of nitrogens with zero attached hydrogens (tertiary/aromatic N) is 2. The minimum atomic E-state index is -0.350. The lowest BCUT2D eigenvalue weighted by atomic mass is 10.1. The molecule has 0 bridgehead atoms. The van der Waals surface area contributed by atoms with Gasteiger partial charge in [-0.15, -0.1) is 16.9 Å². The molecular weight excluding hydrogens is 453 g/mol. The van der Waals surface area contributed by atoms with Gasteiger partial charge in [0.15, 0.2) is 0 Å². The number of aromatic nitrogens is 2. The van der Waals surface area contributed by atoms with Crippen molar-refractivity contribution in [1.82, 2.24) is 15.1 Å². The van der Waals surface area contributed by atoms with Crippen molar-refractivity contribution < 1.29 is 13.9 Å². The average molecular weight is 476 g/mol. The van der Waals surface area contributed by atoms with Crippen molar-refractivity contribution in [2.24, 2.45) is 0 Å². The van der Waals surface area contributed by atoms with Gasteiger partial charge in [0, 0.05) is 29.1 Å². The van der Waals surface area contributed by atoms with Crippen molar-refractivity contribution >= 4 is 17.7 Å². The van der Waals surface area contributed by atoms with E-state index in [1.807, 2.05) is 30.5 Å². The molecule has 1 N–H and O–H groups in total. The highest BCUT2D eigenvalue weighted by Crippen LogP contribution is 2.15. The van der Waals surface area contributed by atoms with Crippen molar-refractivity contribution in [1.29, 1.82) is 0 Å². The van der Waals surface area contributed by atoms with E-state index in [0.29, 0.717) is 23.4 Å². The first-order valence-corrected chi connectivity index (χ1v) is 11.7. The van der Waals surface area contributed by atoms with E-state index in [0.717, 1.165) is 10.5 Å². The van der Waals surface area contributed by atoms with Gasteiger partial charge in [-0.2, -0.15) is 4.68 Å². The molecule has 0 unspecified atom stereocenters. The van der Waals surface area contributed by atoms with E-state index in [4.69, 9.17) is 4.74 Å². The smallest absolute Gasteiger partial charge is 0.271 e. The lowest BCUT2D eigenvalue weighted by molar-refractivity contribution is 0.0951. The zero-order valence-electron chi connectivity index (χ0n) is 18.4. The molecule has 0 atom stereocenters. The Hall–Kier alpha value is -3.91. The van der Waals surface area contributed by atoms with Gasteiger partial charge in [0.25, 0.3) is 11.5 Å². The molecule has 3 aromatic carbocycles. The zero-order valence-corrected chi connectivity index (χ0v) is 19.2. The number of nitrogens with one attached hydrogen (secondary N) is 1. The van der Waals surface area contributed by atoms with Gasteiger partial charge in [0.2, 0.25) is 5.88 Å². The highest BCUT2D eigenvalue weighted by Gasteiger charge is 2.09. The molecular formula is C26H22FN3O3S. The summed E-state index contributed by atoms with van der Waals surface area (Å²) in [5.74, 6) is -0.345. The fourth-order valence-electron chi connectivity index (χ4n) is 3.22. The highest BCUT2D eigenvalue weighted by atomic mass is 32.2. The fourth-order valence-corrected chi connectivity index (χ4v) is 3.63. The van der Waals surface area contributed by atoms with Crippen LogP contribution in [0.3, 0.4) is 0 Å². The highest BCUT2D eigenvalue weighted by molar-refractivity contribution is 7.98.